The van der Waals surface area contributed by atoms with Crippen molar-refractivity contribution in [1.29, 1.82) is 0 Å². The molecule has 0 N–H and O–H groups in total. The molecule has 5 aliphatic rings. The average Bonchev–Trinajstić information content (AvgIpc) is 3.65. The smallest absolute Gasteiger partial charge is 0.0211 e. The largest absolute Gasteiger partial charge is 0.0732 e. The van der Waals surface area contributed by atoms with Gasteiger partial charge in [-0.1, -0.05) is 128 Å². The molecule has 0 spiro atoms. The van der Waals surface area contributed by atoms with E-state index in [9.17, 15) is 0 Å². The number of hydrogen-bond donors (Lipinski definition) is 0. The van der Waals surface area contributed by atoms with E-state index in [0.717, 1.165) is 0 Å². The Hall–Kier alpha value is -3.38. The van der Waals surface area contributed by atoms with Crippen LogP contribution in [-0.2, 0) is 0 Å². The lowest BCUT2D eigenvalue weighted by Gasteiger charge is -2.31. The summed E-state index contributed by atoms with van der Waals surface area (Å²) in [4.78, 5) is 0. The third-order valence-corrected chi connectivity index (χ3v) is 6.97. The summed E-state index contributed by atoms with van der Waals surface area (Å²) in [5, 5.41) is 0. The van der Waals surface area contributed by atoms with Crippen molar-refractivity contribution in [3.63, 3.8) is 0 Å². The second kappa shape index (κ2) is 7.71. The highest BCUT2D eigenvalue weighted by Crippen LogP contribution is 2.48. The maximum atomic E-state index is 2.52. The molecule has 0 saturated carbocycles. The number of rotatable bonds is 5. The van der Waals surface area contributed by atoms with Crippen LogP contribution >= 0.6 is 0 Å². The predicted octanol–water partition coefficient (Wildman–Crippen LogP) is 7.73. The van der Waals surface area contributed by atoms with Crippen molar-refractivity contribution in [1.82, 2.24) is 0 Å². The Labute approximate surface area is 185 Å². The molecule has 6 rings (SSSR count). The molecule has 0 radical (unpaired) electrons. The number of allylic oxidation sites excluding steroid dienone is 20. The van der Waals surface area contributed by atoms with E-state index in [1.165, 1.54) is 27.8 Å². The molecule has 0 nitrogen and oxygen atoms in total. The van der Waals surface area contributed by atoms with Crippen LogP contribution in [0.2, 0.25) is 0 Å². The van der Waals surface area contributed by atoms with Crippen molar-refractivity contribution in [2.75, 3.05) is 0 Å². The van der Waals surface area contributed by atoms with E-state index < -0.39 is 0 Å². The number of hydrogen-bond acceptors (Lipinski definition) is 0. The van der Waals surface area contributed by atoms with Gasteiger partial charge in [0.05, 0.1) is 0 Å². The molecule has 0 fully saturated rings. The van der Waals surface area contributed by atoms with Gasteiger partial charge in [0.1, 0.15) is 0 Å². The second-order valence-corrected chi connectivity index (χ2v) is 8.77. The van der Waals surface area contributed by atoms with Gasteiger partial charge < -0.3 is 0 Å². The molecule has 31 heavy (non-hydrogen) atoms. The minimum absolute atomic E-state index is 0.317. The first-order valence-corrected chi connectivity index (χ1v) is 11.4. The fraction of sp³-hybridized carbons (Fsp3) is 0.161. The van der Waals surface area contributed by atoms with Crippen LogP contribution in [0.4, 0.5) is 0 Å². The van der Waals surface area contributed by atoms with Crippen LogP contribution in [0.5, 0.6) is 0 Å². The summed E-state index contributed by atoms with van der Waals surface area (Å²) in [7, 11) is 0. The molecular weight excluding hydrogens is 372 g/mol. The molecule has 1 aromatic rings. The lowest BCUT2D eigenvalue weighted by molar-refractivity contribution is 0.875. The Bertz CT molecular complexity index is 1060. The molecule has 0 unspecified atom stereocenters. The van der Waals surface area contributed by atoms with E-state index in [2.05, 4.69) is 128 Å². The Balaban J connectivity index is 1.69. The van der Waals surface area contributed by atoms with Gasteiger partial charge in [-0.25, -0.2) is 0 Å². The molecule has 0 heterocycles. The highest BCUT2D eigenvalue weighted by atomic mass is 14.4. The van der Waals surface area contributed by atoms with Crippen molar-refractivity contribution in [3.8, 4) is 0 Å². The van der Waals surface area contributed by atoms with Gasteiger partial charge in [0.25, 0.3) is 0 Å². The molecule has 0 atom stereocenters. The molecule has 0 bridgehead atoms. The summed E-state index contributed by atoms with van der Waals surface area (Å²) < 4.78 is 0. The minimum Gasteiger partial charge on any atom is -0.0732 e. The van der Waals surface area contributed by atoms with Crippen LogP contribution in [0.15, 0.2) is 128 Å². The highest BCUT2D eigenvalue weighted by Gasteiger charge is 2.32. The van der Waals surface area contributed by atoms with E-state index in [1.54, 1.807) is 0 Å². The Morgan fingerprint density at radius 1 is 0.290 bits per heavy atom. The summed E-state index contributed by atoms with van der Waals surface area (Å²) in [5.74, 6) is 1.64. The van der Waals surface area contributed by atoms with Crippen molar-refractivity contribution in [2.24, 2.45) is 0 Å². The van der Waals surface area contributed by atoms with Crippen LogP contribution < -0.4 is 0 Å². The summed E-state index contributed by atoms with van der Waals surface area (Å²) in [6, 6.07) is 2.52. The zero-order chi connectivity index (χ0) is 20.6. The summed E-state index contributed by atoms with van der Waals surface area (Å²) in [6.07, 6.45) is 45.5. The van der Waals surface area contributed by atoms with Crippen LogP contribution in [0.1, 0.15) is 57.4 Å². The van der Waals surface area contributed by atoms with E-state index in [0.29, 0.717) is 29.6 Å². The van der Waals surface area contributed by atoms with E-state index in [4.69, 9.17) is 0 Å². The van der Waals surface area contributed by atoms with E-state index in [-0.39, 0.29) is 0 Å². The third-order valence-electron chi connectivity index (χ3n) is 6.97. The van der Waals surface area contributed by atoms with E-state index in [1.807, 2.05) is 0 Å². The normalized spacial score (nSPS) is 22.2. The average molecular weight is 399 g/mol. The molecule has 0 aromatic heterocycles. The summed E-state index contributed by atoms with van der Waals surface area (Å²) in [5.41, 5.74) is 7.39. The van der Waals surface area contributed by atoms with Crippen LogP contribution in [0.3, 0.4) is 0 Å². The van der Waals surface area contributed by atoms with Crippen LogP contribution in [0.25, 0.3) is 0 Å². The maximum Gasteiger partial charge on any atom is 0.0211 e. The lowest BCUT2D eigenvalue weighted by atomic mass is 9.72. The van der Waals surface area contributed by atoms with Crippen molar-refractivity contribution in [3.05, 3.63) is 155 Å². The number of benzene rings is 1. The summed E-state index contributed by atoms with van der Waals surface area (Å²) >= 11 is 0. The molecule has 150 valence electrons. The second-order valence-electron chi connectivity index (χ2n) is 8.77. The van der Waals surface area contributed by atoms with Gasteiger partial charge in [0, 0.05) is 29.6 Å². The van der Waals surface area contributed by atoms with Crippen LogP contribution in [0, 0.1) is 0 Å². The SMILES string of the molecule is C1=CC(c2cc(C3C=CC=C3)c(C3C=CC=C3)c(C3C=CC=C3)c2C2C=CC=C2)C=C1. The van der Waals surface area contributed by atoms with E-state index >= 15 is 0 Å². The monoisotopic (exact) mass is 398 g/mol. The fourth-order valence-electron chi connectivity index (χ4n) is 5.59. The predicted molar refractivity (Wildman–Crippen MR) is 132 cm³/mol. The lowest BCUT2D eigenvalue weighted by Crippen LogP contribution is -2.15. The molecule has 0 amide bonds. The Kier molecular flexibility index (Phi) is 4.57. The highest BCUT2D eigenvalue weighted by molar-refractivity contribution is 5.63. The Morgan fingerprint density at radius 3 is 0.871 bits per heavy atom. The minimum atomic E-state index is 0.317. The Morgan fingerprint density at radius 2 is 0.548 bits per heavy atom. The van der Waals surface area contributed by atoms with Gasteiger partial charge in [-0.05, 0) is 27.8 Å². The van der Waals surface area contributed by atoms with Gasteiger partial charge in [0.2, 0.25) is 0 Å². The first kappa shape index (κ1) is 18.4. The first-order valence-electron chi connectivity index (χ1n) is 11.4. The molecule has 0 heteroatoms. The standard InChI is InChI=1S/C31H26/c1-2-12-22(11-1)27-21-28(23-13-3-4-14-23)30(25-17-7-8-18-25)31(26-19-9-10-20-26)29(27)24-15-5-6-16-24/h1-26H. The van der Waals surface area contributed by atoms with Gasteiger partial charge in [0.15, 0.2) is 0 Å². The zero-order valence-electron chi connectivity index (χ0n) is 17.5. The third kappa shape index (κ3) is 3.15. The van der Waals surface area contributed by atoms with Crippen LogP contribution in [-0.4, -0.2) is 0 Å². The first-order chi connectivity index (χ1) is 15.4. The van der Waals surface area contributed by atoms with Crippen molar-refractivity contribution < 1.29 is 0 Å². The van der Waals surface area contributed by atoms with Gasteiger partial charge >= 0.3 is 0 Å². The topological polar surface area (TPSA) is 0 Å². The van der Waals surface area contributed by atoms with Crippen molar-refractivity contribution >= 4 is 0 Å². The molecule has 0 saturated heterocycles. The molecule has 5 aliphatic carbocycles. The molecule has 0 aliphatic heterocycles. The summed E-state index contributed by atoms with van der Waals surface area (Å²) in [6.45, 7) is 0. The molecular formula is C31H26. The van der Waals surface area contributed by atoms with Crippen molar-refractivity contribution in [2.45, 2.75) is 29.6 Å². The van der Waals surface area contributed by atoms with Gasteiger partial charge in [-0.15, -0.1) is 0 Å². The fourth-order valence-corrected chi connectivity index (χ4v) is 5.59. The van der Waals surface area contributed by atoms with Gasteiger partial charge in [-0.3, -0.25) is 0 Å². The maximum absolute atomic E-state index is 2.52. The zero-order valence-corrected chi connectivity index (χ0v) is 17.5. The quantitative estimate of drug-likeness (QED) is 0.476. The molecule has 1 aromatic carbocycles. The van der Waals surface area contributed by atoms with Gasteiger partial charge in [-0.2, -0.15) is 0 Å².